The molecule has 0 amide bonds. The van der Waals surface area contributed by atoms with Crippen molar-refractivity contribution in [1.29, 1.82) is 0 Å². The van der Waals surface area contributed by atoms with E-state index in [0.29, 0.717) is 17.5 Å². The van der Waals surface area contributed by atoms with Gasteiger partial charge in [-0.3, -0.25) is 0 Å². The van der Waals surface area contributed by atoms with Gasteiger partial charge in [0.05, 0.1) is 0 Å². The molecule has 7 aromatic carbocycles. The Morgan fingerprint density at radius 3 is 1.10 bits per heavy atom. The smallest absolute Gasteiger partial charge is 0.164 e. The quantitative estimate of drug-likeness (QED) is 0.158. The van der Waals surface area contributed by atoms with Crippen LogP contribution in [0.5, 0.6) is 0 Å². The molecule has 274 valence electrons. The minimum Gasteiger partial charge on any atom is -0.208 e. The fourth-order valence-corrected chi connectivity index (χ4v) is 10.7. The molecule has 0 saturated heterocycles. The monoisotopic (exact) mass is 775 g/mol. The first kappa shape index (κ1) is 39.9. The van der Waals surface area contributed by atoms with Gasteiger partial charge in [0.1, 0.15) is 86.3 Å². The lowest BCUT2D eigenvalue weighted by molar-refractivity contribution is 1.08. The fourth-order valence-electron chi connectivity index (χ4n) is 9.31. The summed E-state index contributed by atoms with van der Waals surface area (Å²) in [5, 5.41) is 2.74. The molecule has 9 aromatic rings. The lowest BCUT2D eigenvalue weighted by Gasteiger charge is -2.25. The van der Waals surface area contributed by atoms with Crippen molar-refractivity contribution in [2.24, 2.45) is 0 Å². The van der Waals surface area contributed by atoms with Gasteiger partial charge in [0, 0.05) is 31.5 Å². The Labute approximate surface area is 367 Å². The van der Waals surface area contributed by atoms with Crippen molar-refractivity contribution in [2.75, 3.05) is 0 Å². The van der Waals surface area contributed by atoms with Crippen molar-refractivity contribution in [3.8, 4) is 67.5 Å². The second-order valence-electron chi connectivity index (χ2n) is 16.7. The molecule has 9 rings (SSSR count). The highest BCUT2D eigenvalue weighted by molar-refractivity contribution is 7.28. The van der Waals surface area contributed by atoms with Crippen LogP contribution in [0.15, 0.2) is 109 Å². The summed E-state index contributed by atoms with van der Waals surface area (Å²) < 4.78 is 2.67. The summed E-state index contributed by atoms with van der Waals surface area (Å²) in [4.78, 5) is 15.8. The van der Waals surface area contributed by atoms with E-state index in [1.54, 1.807) is 0 Å². The summed E-state index contributed by atoms with van der Waals surface area (Å²) in [6, 6.07) is 38.2. The minimum atomic E-state index is 0.662. The maximum absolute atomic E-state index is 5.33. The Bertz CT molecular complexity index is 3060. The zero-order valence-corrected chi connectivity index (χ0v) is 37.5. The first-order valence-electron chi connectivity index (χ1n) is 21.0. The first-order chi connectivity index (χ1) is 28.8. The van der Waals surface area contributed by atoms with Crippen molar-refractivity contribution in [1.82, 2.24) is 15.0 Å². The number of nitrogens with zero attached hydrogens (tertiary/aromatic N) is 3. The van der Waals surface area contributed by atoms with Crippen LogP contribution in [0.4, 0.5) is 0 Å². The average molecular weight is 774 g/mol. The molecule has 0 aliphatic heterocycles. The minimum absolute atomic E-state index is 0.662. The van der Waals surface area contributed by atoms with Gasteiger partial charge in [-0.2, -0.15) is 0 Å². The first-order valence-corrected chi connectivity index (χ1v) is 21.8. The van der Waals surface area contributed by atoms with Crippen LogP contribution in [0.2, 0.25) is 0 Å². The van der Waals surface area contributed by atoms with E-state index in [1.165, 1.54) is 103 Å². The molecule has 2 aromatic heterocycles. The van der Waals surface area contributed by atoms with Crippen LogP contribution < -0.4 is 60.1 Å². The van der Waals surface area contributed by atoms with E-state index >= 15 is 0 Å². The predicted octanol–water partition coefficient (Wildman–Crippen LogP) is -6.92. The van der Waals surface area contributed by atoms with Crippen LogP contribution in [0.1, 0.15) is 0 Å². The van der Waals surface area contributed by atoms with Gasteiger partial charge >= 0.3 is 0 Å². The third-order valence-corrected chi connectivity index (χ3v) is 15.1. The van der Waals surface area contributed by atoms with E-state index in [4.69, 9.17) is 15.0 Å². The molecule has 60 heavy (non-hydrogen) atoms. The summed E-state index contributed by atoms with van der Waals surface area (Å²) in [7, 11) is 25.3. The van der Waals surface area contributed by atoms with Crippen LogP contribution in [-0.4, -0.2) is 101 Å². The van der Waals surface area contributed by atoms with E-state index in [-0.39, 0.29) is 0 Å². The van der Waals surface area contributed by atoms with Gasteiger partial charge in [-0.05, 0) is 38.8 Å². The zero-order chi connectivity index (χ0) is 42.1. The SMILES string of the molecule is Bc1c(B)c(B)c(-c2c(B)c(B)c(B)c3sc4c(B)c(-c5nc(-c6ccc(-c7ccccc7)cc6)nc(-c6ccc(-c7ccccc7)cc6)n5)c(B)c(B)c4c23)c(B)c1B. The van der Waals surface area contributed by atoms with Crippen molar-refractivity contribution < 1.29 is 0 Å². The second kappa shape index (κ2) is 15.5. The van der Waals surface area contributed by atoms with Crippen molar-refractivity contribution >= 4 is 178 Å². The van der Waals surface area contributed by atoms with Gasteiger partial charge in [-0.25, -0.2) is 15.0 Å². The molecule has 0 aliphatic carbocycles. The molecule has 0 bridgehead atoms. The van der Waals surface area contributed by atoms with Crippen molar-refractivity contribution in [2.45, 2.75) is 0 Å². The molecular formula is C45H40B11N3S. The zero-order valence-electron chi connectivity index (χ0n) is 36.6. The molecule has 0 radical (unpaired) electrons. The van der Waals surface area contributed by atoms with Gasteiger partial charge in [0.15, 0.2) is 17.5 Å². The highest BCUT2D eigenvalue weighted by Gasteiger charge is 2.26. The fraction of sp³-hybridized carbons (Fsp3) is 0. The topological polar surface area (TPSA) is 38.7 Å². The lowest BCUT2D eigenvalue weighted by Crippen LogP contribution is -2.56. The maximum atomic E-state index is 5.33. The Kier molecular flexibility index (Phi) is 10.3. The third kappa shape index (κ3) is 6.48. The van der Waals surface area contributed by atoms with Gasteiger partial charge in [-0.15, -0.1) is 27.7 Å². The molecule has 15 heteroatoms. The van der Waals surface area contributed by atoms with Crippen LogP contribution in [0.3, 0.4) is 0 Å². The predicted molar refractivity (Wildman–Crippen MR) is 295 cm³/mol. The second-order valence-corrected chi connectivity index (χ2v) is 17.7. The average Bonchev–Trinajstić information content (AvgIpc) is 3.69. The summed E-state index contributed by atoms with van der Waals surface area (Å²) in [5.41, 5.74) is 25.2. The van der Waals surface area contributed by atoms with E-state index in [0.717, 1.165) is 27.8 Å². The third-order valence-electron chi connectivity index (χ3n) is 13.6. The molecular weight excluding hydrogens is 734 g/mol. The van der Waals surface area contributed by atoms with Gasteiger partial charge in [0.25, 0.3) is 0 Å². The molecule has 2 heterocycles. The summed E-state index contributed by atoms with van der Waals surface area (Å²) in [5.74, 6) is 2.03. The summed E-state index contributed by atoms with van der Waals surface area (Å²) >= 11 is 1.93. The molecule has 0 fully saturated rings. The van der Waals surface area contributed by atoms with E-state index < -0.39 is 0 Å². The molecule has 0 spiro atoms. The highest BCUT2D eigenvalue weighted by Crippen LogP contribution is 2.37. The largest absolute Gasteiger partial charge is 0.208 e. The molecule has 0 saturated carbocycles. The maximum Gasteiger partial charge on any atom is 0.164 e. The van der Waals surface area contributed by atoms with E-state index in [1.807, 2.05) is 11.3 Å². The number of thiophene rings is 1. The van der Waals surface area contributed by atoms with Gasteiger partial charge in [0.2, 0.25) is 0 Å². The number of rotatable bonds is 6. The summed E-state index contributed by atoms with van der Waals surface area (Å²) in [6.45, 7) is 0. The van der Waals surface area contributed by atoms with Crippen molar-refractivity contribution in [3.05, 3.63) is 109 Å². The van der Waals surface area contributed by atoms with Crippen molar-refractivity contribution in [3.63, 3.8) is 0 Å². The molecule has 0 unspecified atom stereocenters. The van der Waals surface area contributed by atoms with Crippen LogP contribution in [-0.2, 0) is 0 Å². The molecule has 0 atom stereocenters. The van der Waals surface area contributed by atoms with Gasteiger partial charge < -0.3 is 0 Å². The Morgan fingerprint density at radius 1 is 0.267 bits per heavy atom. The molecule has 0 N–H and O–H groups in total. The van der Waals surface area contributed by atoms with E-state index in [9.17, 15) is 0 Å². The lowest BCUT2D eigenvalue weighted by atomic mass is 9.58. The van der Waals surface area contributed by atoms with Gasteiger partial charge in [-0.1, -0.05) is 153 Å². The Hall–Kier alpha value is -5.52. The summed E-state index contributed by atoms with van der Waals surface area (Å²) in [6.07, 6.45) is 0. The standard InChI is InChI=1S/C45H40B11N3S/c46-30-25(27-31(47)36(52)39(55)37(53)32(27)48)26-28-33(49)34(50)29(35(51)42(28)60-41(26)40(56)38(30)54)45-58-43(23-15-11-21(12-16-23)19-7-3-1-4-8-19)57-44(59-45)24-17-13-22(14-18-24)20-9-5-2-6-10-20/h1-18H,46-56H2. The Morgan fingerprint density at radius 2 is 0.617 bits per heavy atom. The Balaban J connectivity index is 1.29. The number of hydrogen-bond acceptors (Lipinski definition) is 4. The molecule has 0 aliphatic rings. The van der Waals surface area contributed by atoms with Crippen LogP contribution >= 0.6 is 11.3 Å². The van der Waals surface area contributed by atoms with Crippen LogP contribution in [0.25, 0.3) is 87.7 Å². The number of fused-ring (bicyclic) bond motifs is 3. The number of benzene rings is 7. The molecule has 3 nitrogen and oxygen atoms in total. The number of aromatic nitrogens is 3. The normalized spacial score (nSPS) is 11.4. The number of hydrogen-bond donors (Lipinski definition) is 0. The van der Waals surface area contributed by atoms with E-state index in [2.05, 4.69) is 196 Å². The van der Waals surface area contributed by atoms with Crippen LogP contribution in [0, 0.1) is 0 Å². The highest BCUT2D eigenvalue weighted by atomic mass is 32.1.